The molecule has 0 atom stereocenters. The van der Waals surface area contributed by atoms with E-state index in [9.17, 15) is 4.39 Å². The van der Waals surface area contributed by atoms with Crippen LogP contribution in [-0.4, -0.2) is 26.0 Å². The molecule has 0 saturated heterocycles. The Morgan fingerprint density at radius 2 is 1.94 bits per heavy atom. The van der Waals surface area contributed by atoms with Crippen molar-refractivity contribution in [1.29, 1.82) is 0 Å². The fourth-order valence-electron chi connectivity index (χ4n) is 1.36. The maximum atomic E-state index is 12.9. The van der Waals surface area contributed by atoms with Gasteiger partial charge in [0.25, 0.3) is 0 Å². The molecule has 1 aromatic carbocycles. The van der Waals surface area contributed by atoms with E-state index >= 15 is 0 Å². The molecule has 0 aromatic heterocycles. The van der Waals surface area contributed by atoms with Gasteiger partial charge in [0.15, 0.2) is 6.29 Å². The molecule has 1 N–H and O–H groups in total. The Morgan fingerprint density at radius 3 is 2.47 bits per heavy atom. The molecule has 0 unspecified atom stereocenters. The Morgan fingerprint density at radius 1 is 1.29 bits per heavy atom. The number of nitrogens with one attached hydrogen (secondary N) is 1. The molecule has 0 aliphatic carbocycles. The highest BCUT2D eigenvalue weighted by atomic mass is 79.9. The molecule has 0 saturated carbocycles. The van der Waals surface area contributed by atoms with E-state index in [1.807, 2.05) is 13.8 Å². The maximum absolute atomic E-state index is 12.9. The molecule has 1 aromatic rings. The maximum Gasteiger partial charge on any atom is 0.174 e. The van der Waals surface area contributed by atoms with Crippen LogP contribution in [0.15, 0.2) is 22.7 Å². The molecule has 5 heteroatoms. The number of benzene rings is 1. The lowest BCUT2D eigenvalue weighted by molar-refractivity contribution is -0.126. The summed E-state index contributed by atoms with van der Waals surface area (Å²) >= 11 is 3.29. The van der Waals surface area contributed by atoms with Crippen molar-refractivity contribution in [1.82, 2.24) is 0 Å². The van der Waals surface area contributed by atoms with Gasteiger partial charge in [-0.3, -0.25) is 0 Å². The van der Waals surface area contributed by atoms with Crippen molar-refractivity contribution in [3.63, 3.8) is 0 Å². The van der Waals surface area contributed by atoms with Gasteiger partial charge in [-0.1, -0.05) is 0 Å². The Balaban J connectivity index is 2.52. The molecular formula is C12H17BrFNO2. The van der Waals surface area contributed by atoms with E-state index in [1.54, 1.807) is 6.07 Å². The second-order valence-corrected chi connectivity index (χ2v) is 4.20. The van der Waals surface area contributed by atoms with Gasteiger partial charge in [0.2, 0.25) is 0 Å². The highest BCUT2D eigenvalue weighted by Gasteiger charge is 2.08. The van der Waals surface area contributed by atoms with Crippen molar-refractivity contribution >= 4 is 21.6 Å². The molecule has 0 fully saturated rings. The van der Waals surface area contributed by atoms with Crippen LogP contribution >= 0.6 is 15.9 Å². The number of ether oxygens (including phenoxy) is 2. The van der Waals surface area contributed by atoms with Gasteiger partial charge in [-0.15, -0.1) is 0 Å². The minimum Gasteiger partial charge on any atom is -0.379 e. The van der Waals surface area contributed by atoms with Crippen molar-refractivity contribution in [2.75, 3.05) is 25.1 Å². The van der Waals surface area contributed by atoms with Crippen molar-refractivity contribution in [2.24, 2.45) is 0 Å². The molecule has 0 aliphatic heterocycles. The van der Waals surface area contributed by atoms with Gasteiger partial charge in [0.05, 0.1) is 6.54 Å². The molecule has 0 bridgehead atoms. The second-order valence-electron chi connectivity index (χ2n) is 3.35. The van der Waals surface area contributed by atoms with Crippen LogP contribution in [0.1, 0.15) is 13.8 Å². The minimum atomic E-state index is -0.290. The van der Waals surface area contributed by atoms with Crippen molar-refractivity contribution in [2.45, 2.75) is 20.1 Å². The zero-order valence-electron chi connectivity index (χ0n) is 10.0. The molecule has 1 rings (SSSR count). The molecule has 0 spiro atoms. The van der Waals surface area contributed by atoms with Crippen LogP contribution in [0.25, 0.3) is 0 Å². The van der Waals surface area contributed by atoms with Crippen LogP contribution in [0, 0.1) is 5.82 Å². The topological polar surface area (TPSA) is 30.5 Å². The van der Waals surface area contributed by atoms with Crippen LogP contribution in [0.5, 0.6) is 0 Å². The number of halogens is 2. The zero-order valence-corrected chi connectivity index (χ0v) is 11.6. The Kier molecular flexibility index (Phi) is 6.47. The fraction of sp³-hybridized carbons (Fsp3) is 0.500. The largest absolute Gasteiger partial charge is 0.379 e. The lowest BCUT2D eigenvalue weighted by Crippen LogP contribution is -2.26. The van der Waals surface area contributed by atoms with Crippen LogP contribution in [0.3, 0.4) is 0 Å². The highest BCUT2D eigenvalue weighted by molar-refractivity contribution is 9.10. The van der Waals surface area contributed by atoms with E-state index in [0.29, 0.717) is 24.2 Å². The lowest BCUT2D eigenvalue weighted by atomic mass is 10.3. The van der Waals surface area contributed by atoms with E-state index in [1.165, 1.54) is 12.1 Å². The van der Waals surface area contributed by atoms with Gasteiger partial charge < -0.3 is 14.8 Å². The summed E-state index contributed by atoms with van der Waals surface area (Å²) in [5.41, 5.74) is 0.816. The summed E-state index contributed by atoms with van der Waals surface area (Å²) in [5, 5.41) is 3.15. The first-order valence-corrected chi connectivity index (χ1v) is 6.38. The molecule has 0 amide bonds. The number of hydrogen-bond acceptors (Lipinski definition) is 3. The Labute approximate surface area is 109 Å². The fourth-order valence-corrected chi connectivity index (χ4v) is 1.85. The summed E-state index contributed by atoms with van der Waals surface area (Å²) in [6.07, 6.45) is -0.290. The molecule has 17 heavy (non-hydrogen) atoms. The Bertz CT molecular complexity index is 343. The van der Waals surface area contributed by atoms with Gasteiger partial charge in [0.1, 0.15) is 5.82 Å². The molecular weight excluding hydrogens is 289 g/mol. The molecule has 96 valence electrons. The predicted molar refractivity (Wildman–Crippen MR) is 69.6 cm³/mol. The second kappa shape index (κ2) is 7.63. The SMILES string of the molecule is CCOC(CNc1ccc(F)cc1Br)OCC. The molecule has 3 nitrogen and oxygen atoms in total. The Hall–Kier alpha value is -0.650. The van der Waals surface area contributed by atoms with E-state index in [-0.39, 0.29) is 12.1 Å². The lowest BCUT2D eigenvalue weighted by Gasteiger charge is -2.18. The summed E-state index contributed by atoms with van der Waals surface area (Å²) in [6, 6.07) is 4.50. The smallest absolute Gasteiger partial charge is 0.174 e. The average molecular weight is 306 g/mol. The van der Waals surface area contributed by atoms with E-state index in [0.717, 1.165) is 5.69 Å². The van der Waals surface area contributed by atoms with Crippen LogP contribution < -0.4 is 5.32 Å². The predicted octanol–water partition coefficient (Wildman–Crippen LogP) is 3.40. The van der Waals surface area contributed by atoms with Crippen LogP contribution in [0.2, 0.25) is 0 Å². The first-order valence-electron chi connectivity index (χ1n) is 5.59. The summed E-state index contributed by atoms with van der Waals surface area (Å²) < 4.78 is 24.4. The normalized spacial score (nSPS) is 10.9. The number of rotatable bonds is 7. The van der Waals surface area contributed by atoms with Gasteiger partial charge in [0, 0.05) is 23.4 Å². The monoisotopic (exact) mass is 305 g/mol. The van der Waals surface area contributed by atoms with Crippen LogP contribution in [0.4, 0.5) is 10.1 Å². The molecule has 0 aliphatic rings. The number of hydrogen-bond donors (Lipinski definition) is 1. The minimum absolute atomic E-state index is 0.270. The van der Waals surface area contributed by atoms with Crippen LogP contribution in [-0.2, 0) is 9.47 Å². The third kappa shape index (κ3) is 5.02. The summed E-state index contributed by atoms with van der Waals surface area (Å²) in [6.45, 7) is 5.54. The van der Waals surface area contributed by atoms with E-state index < -0.39 is 0 Å². The first-order chi connectivity index (χ1) is 8.17. The van der Waals surface area contributed by atoms with E-state index in [4.69, 9.17) is 9.47 Å². The van der Waals surface area contributed by atoms with Gasteiger partial charge in [-0.2, -0.15) is 0 Å². The number of anilines is 1. The van der Waals surface area contributed by atoms with Gasteiger partial charge >= 0.3 is 0 Å². The first kappa shape index (κ1) is 14.4. The summed E-state index contributed by atoms with van der Waals surface area (Å²) in [4.78, 5) is 0. The zero-order chi connectivity index (χ0) is 12.7. The van der Waals surface area contributed by atoms with Gasteiger partial charge in [-0.05, 0) is 48.0 Å². The quantitative estimate of drug-likeness (QED) is 0.783. The average Bonchev–Trinajstić information content (AvgIpc) is 2.28. The van der Waals surface area contributed by atoms with Crippen molar-refractivity contribution < 1.29 is 13.9 Å². The van der Waals surface area contributed by atoms with Crippen molar-refractivity contribution in [3.05, 3.63) is 28.5 Å². The third-order valence-corrected chi connectivity index (χ3v) is 2.75. The summed E-state index contributed by atoms with van der Waals surface area (Å²) in [7, 11) is 0. The molecule has 0 radical (unpaired) electrons. The molecule has 0 heterocycles. The van der Waals surface area contributed by atoms with Gasteiger partial charge in [-0.25, -0.2) is 4.39 Å². The van der Waals surface area contributed by atoms with Crippen molar-refractivity contribution in [3.8, 4) is 0 Å². The highest BCUT2D eigenvalue weighted by Crippen LogP contribution is 2.23. The standard InChI is InChI=1S/C12H17BrFNO2/c1-3-16-12(17-4-2)8-15-11-6-5-9(14)7-10(11)13/h5-7,12,15H,3-4,8H2,1-2H3. The summed E-state index contributed by atoms with van der Waals surface area (Å²) in [5.74, 6) is -0.270. The third-order valence-electron chi connectivity index (χ3n) is 2.10. The van der Waals surface area contributed by atoms with E-state index in [2.05, 4.69) is 21.2 Å².